The Kier molecular flexibility index (Phi) is 7.60. The Balaban J connectivity index is 2.34. The van der Waals surface area contributed by atoms with E-state index in [1.807, 2.05) is 0 Å². The van der Waals surface area contributed by atoms with Gasteiger partial charge in [0.25, 0.3) is 0 Å². The minimum Gasteiger partial charge on any atom is -0.497 e. The molecule has 22 heavy (non-hydrogen) atoms. The summed E-state index contributed by atoms with van der Waals surface area (Å²) in [5.74, 6) is 0.379. The van der Waals surface area contributed by atoms with Crippen LogP contribution in [0.15, 0.2) is 18.2 Å². The number of methoxy groups -OCH3 is 2. The standard InChI is InChI=1S/C15H22N2O5/c1-21-12-8-11(9-13(10-12)22-2)17-15(20)16-7-5-3-4-6-14(18)19/h8-10H,3-7H2,1-2H3,(H,18,19)(H2,16,17,20). The third-order valence-electron chi connectivity index (χ3n) is 2.96. The number of carboxylic acid groups (broad SMARTS) is 1. The number of rotatable bonds is 9. The molecule has 7 nitrogen and oxygen atoms in total. The lowest BCUT2D eigenvalue weighted by molar-refractivity contribution is -0.137. The zero-order valence-corrected chi connectivity index (χ0v) is 12.8. The minimum atomic E-state index is -0.794. The zero-order chi connectivity index (χ0) is 16.4. The molecular weight excluding hydrogens is 288 g/mol. The summed E-state index contributed by atoms with van der Waals surface area (Å²) in [6, 6.07) is 4.77. The van der Waals surface area contributed by atoms with Gasteiger partial charge in [0.1, 0.15) is 11.5 Å². The topological polar surface area (TPSA) is 96.9 Å². The van der Waals surface area contributed by atoms with Crippen LogP contribution < -0.4 is 20.1 Å². The van der Waals surface area contributed by atoms with E-state index in [2.05, 4.69) is 10.6 Å². The molecule has 0 aliphatic heterocycles. The maximum atomic E-state index is 11.8. The summed E-state index contributed by atoms with van der Waals surface area (Å²) < 4.78 is 10.2. The van der Waals surface area contributed by atoms with E-state index < -0.39 is 5.97 Å². The fourth-order valence-corrected chi connectivity index (χ4v) is 1.83. The highest BCUT2D eigenvalue weighted by atomic mass is 16.5. The van der Waals surface area contributed by atoms with E-state index in [9.17, 15) is 9.59 Å². The maximum Gasteiger partial charge on any atom is 0.319 e. The Hall–Kier alpha value is -2.44. The Labute approximate surface area is 129 Å². The van der Waals surface area contributed by atoms with E-state index >= 15 is 0 Å². The molecule has 1 rings (SSSR count). The van der Waals surface area contributed by atoms with Crippen molar-refractivity contribution in [1.82, 2.24) is 5.32 Å². The molecule has 1 aromatic rings. The largest absolute Gasteiger partial charge is 0.497 e. The van der Waals surface area contributed by atoms with Crippen LogP contribution in [0.5, 0.6) is 11.5 Å². The van der Waals surface area contributed by atoms with Gasteiger partial charge in [0.05, 0.1) is 14.2 Å². The molecule has 0 aliphatic rings. The van der Waals surface area contributed by atoms with Gasteiger partial charge in [-0.2, -0.15) is 0 Å². The van der Waals surface area contributed by atoms with Crippen molar-refractivity contribution in [2.45, 2.75) is 25.7 Å². The van der Waals surface area contributed by atoms with Crippen LogP contribution in [0, 0.1) is 0 Å². The number of nitrogens with one attached hydrogen (secondary N) is 2. The fourth-order valence-electron chi connectivity index (χ4n) is 1.83. The SMILES string of the molecule is COc1cc(NC(=O)NCCCCCC(=O)O)cc(OC)c1. The van der Waals surface area contributed by atoms with Crippen molar-refractivity contribution in [1.29, 1.82) is 0 Å². The summed E-state index contributed by atoms with van der Waals surface area (Å²) in [4.78, 5) is 22.1. The second-order valence-corrected chi connectivity index (χ2v) is 4.69. The average molecular weight is 310 g/mol. The lowest BCUT2D eigenvalue weighted by atomic mass is 10.2. The Bertz CT molecular complexity index is 482. The van der Waals surface area contributed by atoms with Crippen molar-refractivity contribution >= 4 is 17.7 Å². The van der Waals surface area contributed by atoms with E-state index in [1.54, 1.807) is 18.2 Å². The number of carboxylic acids is 1. The van der Waals surface area contributed by atoms with Crippen molar-refractivity contribution in [3.05, 3.63) is 18.2 Å². The van der Waals surface area contributed by atoms with Crippen LogP contribution in [0.2, 0.25) is 0 Å². The van der Waals surface area contributed by atoms with Crippen LogP contribution in [0.25, 0.3) is 0 Å². The Morgan fingerprint density at radius 1 is 1.05 bits per heavy atom. The molecule has 0 saturated heterocycles. The predicted octanol–water partition coefficient (Wildman–Crippen LogP) is 2.47. The summed E-state index contributed by atoms with van der Waals surface area (Å²) in [7, 11) is 3.07. The molecule has 0 aliphatic carbocycles. The molecular formula is C15H22N2O5. The molecule has 122 valence electrons. The zero-order valence-electron chi connectivity index (χ0n) is 12.8. The molecule has 0 spiro atoms. The van der Waals surface area contributed by atoms with Crippen molar-refractivity contribution in [2.75, 3.05) is 26.1 Å². The third kappa shape index (κ3) is 6.83. The number of amides is 2. The molecule has 3 N–H and O–H groups in total. The first kappa shape index (κ1) is 17.6. The number of anilines is 1. The van der Waals surface area contributed by atoms with Gasteiger partial charge in [0, 0.05) is 36.9 Å². The van der Waals surface area contributed by atoms with Gasteiger partial charge in [-0.25, -0.2) is 4.79 Å². The average Bonchev–Trinajstić information content (AvgIpc) is 2.49. The summed E-state index contributed by atoms with van der Waals surface area (Å²) in [5, 5.41) is 13.9. The lowest BCUT2D eigenvalue weighted by Crippen LogP contribution is -2.29. The van der Waals surface area contributed by atoms with Crippen molar-refractivity contribution < 1.29 is 24.2 Å². The number of urea groups is 1. The van der Waals surface area contributed by atoms with Crippen molar-refractivity contribution in [3.8, 4) is 11.5 Å². The van der Waals surface area contributed by atoms with Gasteiger partial charge >= 0.3 is 12.0 Å². The van der Waals surface area contributed by atoms with Crippen LogP contribution in [0.1, 0.15) is 25.7 Å². The number of unbranched alkanes of at least 4 members (excludes halogenated alkanes) is 2. The van der Waals surface area contributed by atoms with E-state index in [-0.39, 0.29) is 12.5 Å². The third-order valence-corrected chi connectivity index (χ3v) is 2.96. The van der Waals surface area contributed by atoms with Gasteiger partial charge in [0.2, 0.25) is 0 Å². The van der Waals surface area contributed by atoms with Gasteiger partial charge in [-0.15, -0.1) is 0 Å². The number of hydrogen-bond donors (Lipinski definition) is 3. The van der Waals surface area contributed by atoms with Gasteiger partial charge in [0.15, 0.2) is 0 Å². The molecule has 0 radical (unpaired) electrons. The second kappa shape index (κ2) is 9.49. The first-order valence-corrected chi connectivity index (χ1v) is 7.05. The fraction of sp³-hybridized carbons (Fsp3) is 0.467. The number of carbonyl (C=O) groups excluding carboxylic acids is 1. The number of ether oxygens (including phenoxy) is 2. The quantitative estimate of drug-likeness (QED) is 0.609. The van der Waals surface area contributed by atoms with Gasteiger partial charge in [-0.05, 0) is 12.8 Å². The summed E-state index contributed by atoms with van der Waals surface area (Å²) in [6.07, 6.45) is 2.28. The van der Waals surface area contributed by atoms with E-state index in [1.165, 1.54) is 14.2 Å². The normalized spacial score (nSPS) is 9.91. The van der Waals surface area contributed by atoms with Crippen LogP contribution in [0.3, 0.4) is 0 Å². The van der Waals surface area contributed by atoms with Crippen molar-refractivity contribution in [3.63, 3.8) is 0 Å². The van der Waals surface area contributed by atoms with Gasteiger partial charge < -0.3 is 25.2 Å². The molecule has 0 aromatic heterocycles. The summed E-state index contributed by atoms with van der Waals surface area (Å²) in [6.45, 7) is 0.493. The molecule has 0 heterocycles. The van der Waals surface area contributed by atoms with E-state index in [0.717, 1.165) is 12.8 Å². The maximum absolute atomic E-state index is 11.8. The number of hydrogen-bond acceptors (Lipinski definition) is 4. The Morgan fingerprint density at radius 2 is 1.68 bits per heavy atom. The summed E-state index contributed by atoms with van der Waals surface area (Å²) in [5.41, 5.74) is 0.569. The van der Waals surface area contributed by atoms with Gasteiger partial charge in [-0.3, -0.25) is 4.79 Å². The minimum absolute atomic E-state index is 0.163. The predicted molar refractivity (Wildman–Crippen MR) is 82.7 cm³/mol. The molecule has 0 unspecified atom stereocenters. The molecule has 1 aromatic carbocycles. The number of benzene rings is 1. The highest BCUT2D eigenvalue weighted by molar-refractivity contribution is 5.89. The van der Waals surface area contributed by atoms with Crippen LogP contribution >= 0.6 is 0 Å². The highest BCUT2D eigenvalue weighted by Crippen LogP contribution is 2.25. The van der Waals surface area contributed by atoms with Crippen LogP contribution in [0.4, 0.5) is 10.5 Å². The molecule has 0 bridgehead atoms. The monoisotopic (exact) mass is 310 g/mol. The second-order valence-electron chi connectivity index (χ2n) is 4.69. The van der Waals surface area contributed by atoms with Crippen molar-refractivity contribution in [2.24, 2.45) is 0 Å². The van der Waals surface area contributed by atoms with E-state index in [4.69, 9.17) is 14.6 Å². The molecule has 0 atom stereocenters. The first-order valence-electron chi connectivity index (χ1n) is 7.05. The van der Waals surface area contributed by atoms with E-state index in [0.29, 0.717) is 30.2 Å². The molecule has 7 heteroatoms. The first-order chi connectivity index (χ1) is 10.5. The number of carbonyl (C=O) groups is 2. The van der Waals surface area contributed by atoms with Crippen LogP contribution in [-0.4, -0.2) is 37.9 Å². The lowest BCUT2D eigenvalue weighted by Gasteiger charge is -2.10. The molecule has 0 saturated carbocycles. The summed E-state index contributed by atoms with van der Waals surface area (Å²) >= 11 is 0. The Morgan fingerprint density at radius 3 is 2.23 bits per heavy atom. The molecule has 2 amide bonds. The smallest absolute Gasteiger partial charge is 0.319 e. The number of aliphatic carboxylic acids is 1. The molecule has 0 fully saturated rings. The van der Waals surface area contributed by atoms with Crippen LogP contribution in [-0.2, 0) is 4.79 Å². The highest BCUT2D eigenvalue weighted by Gasteiger charge is 2.05. The van der Waals surface area contributed by atoms with Gasteiger partial charge in [-0.1, -0.05) is 6.42 Å².